The molecule has 0 bridgehead atoms. The Bertz CT molecular complexity index is 173. The molecule has 3 nitrogen and oxygen atoms in total. The SMILES string of the molecule is COC(C)(C)CCOC1COCC1I. The molecule has 1 aliphatic heterocycles. The lowest BCUT2D eigenvalue weighted by Gasteiger charge is -2.23. The van der Waals surface area contributed by atoms with Gasteiger partial charge in [-0.25, -0.2) is 0 Å². The van der Waals surface area contributed by atoms with E-state index in [4.69, 9.17) is 14.2 Å². The van der Waals surface area contributed by atoms with Gasteiger partial charge in [-0.05, 0) is 20.3 Å². The van der Waals surface area contributed by atoms with E-state index in [1.54, 1.807) is 7.11 Å². The van der Waals surface area contributed by atoms with Crippen LogP contribution in [0.4, 0.5) is 0 Å². The zero-order valence-corrected chi connectivity index (χ0v) is 11.2. The maximum Gasteiger partial charge on any atom is 0.0948 e. The average Bonchev–Trinajstić information content (AvgIpc) is 2.52. The maximum absolute atomic E-state index is 5.74. The molecule has 0 aromatic carbocycles. The van der Waals surface area contributed by atoms with Crippen LogP contribution in [-0.4, -0.2) is 42.6 Å². The van der Waals surface area contributed by atoms with Gasteiger partial charge in [-0.2, -0.15) is 0 Å². The zero-order valence-electron chi connectivity index (χ0n) is 9.09. The van der Waals surface area contributed by atoms with Gasteiger partial charge < -0.3 is 14.2 Å². The molecular weight excluding hydrogens is 295 g/mol. The summed E-state index contributed by atoms with van der Waals surface area (Å²) in [5.74, 6) is 0. The molecular formula is C10H19IO3. The molecule has 0 aliphatic carbocycles. The fraction of sp³-hybridized carbons (Fsp3) is 1.00. The van der Waals surface area contributed by atoms with Gasteiger partial charge in [-0.1, -0.05) is 22.6 Å². The third kappa shape index (κ3) is 4.00. The van der Waals surface area contributed by atoms with Crippen molar-refractivity contribution in [2.45, 2.75) is 35.9 Å². The minimum absolute atomic E-state index is 0.0831. The van der Waals surface area contributed by atoms with E-state index in [1.165, 1.54) is 0 Å². The van der Waals surface area contributed by atoms with Crippen molar-refractivity contribution in [2.75, 3.05) is 26.9 Å². The number of rotatable bonds is 5. The fourth-order valence-corrected chi connectivity index (χ4v) is 1.89. The Morgan fingerprint density at radius 1 is 1.43 bits per heavy atom. The number of halogens is 1. The van der Waals surface area contributed by atoms with E-state index >= 15 is 0 Å². The van der Waals surface area contributed by atoms with Crippen molar-refractivity contribution in [3.63, 3.8) is 0 Å². The van der Waals surface area contributed by atoms with Crippen molar-refractivity contribution in [1.29, 1.82) is 0 Å². The van der Waals surface area contributed by atoms with Crippen LogP contribution in [0.2, 0.25) is 0 Å². The van der Waals surface area contributed by atoms with E-state index in [2.05, 4.69) is 36.4 Å². The van der Waals surface area contributed by atoms with Gasteiger partial charge in [0.1, 0.15) is 0 Å². The van der Waals surface area contributed by atoms with Gasteiger partial charge >= 0.3 is 0 Å². The van der Waals surface area contributed by atoms with Crippen molar-refractivity contribution < 1.29 is 14.2 Å². The second-order valence-corrected chi connectivity index (χ2v) is 5.78. The second kappa shape index (κ2) is 5.63. The average molecular weight is 314 g/mol. The Labute approximate surface area is 99.6 Å². The zero-order chi connectivity index (χ0) is 10.6. The van der Waals surface area contributed by atoms with Gasteiger partial charge in [0.15, 0.2) is 0 Å². The lowest BCUT2D eigenvalue weighted by Crippen LogP contribution is -2.28. The van der Waals surface area contributed by atoms with E-state index in [9.17, 15) is 0 Å². The first-order chi connectivity index (χ1) is 6.55. The van der Waals surface area contributed by atoms with Crippen LogP contribution in [0.25, 0.3) is 0 Å². The van der Waals surface area contributed by atoms with Crippen LogP contribution in [0, 0.1) is 0 Å². The highest BCUT2D eigenvalue weighted by Crippen LogP contribution is 2.20. The van der Waals surface area contributed by atoms with Crippen LogP contribution in [0.5, 0.6) is 0 Å². The van der Waals surface area contributed by atoms with Crippen LogP contribution < -0.4 is 0 Å². The Morgan fingerprint density at radius 2 is 2.14 bits per heavy atom. The highest BCUT2D eigenvalue weighted by molar-refractivity contribution is 14.1. The minimum atomic E-state index is -0.0831. The molecule has 0 amide bonds. The van der Waals surface area contributed by atoms with Crippen molar-refractivity contribution in [1.82, 2.24) is 0 Å². The summed E-state index contributed by atoms with van der Waals surface area (Å²) >= 11 is 2.38. The molecule has 14 heavy (non-hydrogen) atoms. The Morgan fingerprint density at radius 3 is 2.64 bits per heavy atom. The summed E-state index contributed by atoms with van der Waals surface area (Å²) in [6, 6.07) is 0. The van der Waals surface area contributed by atoms with Crippen LogP contribution >= 0.6 is 22.6 Å². The fourth-order valence-electron chi connectivity index (χ4n) is 1.22. The molecule has 1 aliphatic rings. The largest absolute Gasteiger partial charge is 0.379 e. The first-order valence-electron chi connectivity index (χ1n) is 4.94. The van der Waals surface area contributed by atoms with Gasteiger partial charge in [-0.3, -0.25) is 0 Å². The van der Waals surface area contributed by atoms with E-state index in [0.717, 1.165) is 26.2 Å². The number of hydrogen-bond acceptors (Lipinski definition) is 3. The molecule has 0 aromatic heterocycles. The van der Waals surface area contributed by atoms with Gasteiger partial charge in [0.2, 0.25) is 0 Å². The van der Waals surface area contributed by atoms with Crippen LogP contribution in [0.15, 0.2) is 0 Å². The van der Waals surface area contributed by atoms with E-state index < -0.39 is 0 Å². The molecule has 2 atom stereocenters. The Hall–Kier alpha value is 0.610. The van der Waals surface area contributed by atoms with Crippen LogP contribution in [-0.2, 0) is 14.2 Å². The van der Waals surface area contributed by atoms with E-state index in [0.29, 0.717) is 3.92 Å². The highest BCUT2D eigenvalue weighted by atomic mass is 127. The first-order valence-corrected chi connectivity index (χ1v) is 6.18. The molecule has 1 rings (SSSR count). The quantitative estimate of drug-likeness (QED) is 0.574. The second-order valence-electron chi connectivity index (χ2n) is 4.18. The van der Waals surface area contributed by atoms with Gasteiger partial charge in [0, 0.05) is 13.7 Å². The number of alkyl halides is 1. The van der Waals surface area contributed by atoms with Crippen molar-refractivity contribution in [3.8, 4) is 0 Å². The smallest absolute Gasteiger partial charge is 0.0948 e. The molecule has 1 heterocycles. The Balaban J connectivity index is 2.15. The predicted molar refractivity (Wildman–Crippen MR) is 64.1 cm³/mol. The predicted octanol–water partition coefficient (Wildman–Crippen LogP) is 2.02. The molecule has 84 valence electrons. The topological polar surface area (TPSA) is 27.7 Å². The standard InChI is InChI=1S/C10H19IO3/c1-10(2,12-3)4-5-14-9-7-13-6-8(9)11/h8-9H,4-7H2,1-3H3. The number of hydrogen-bond donors (Lipinski definition) is 0. The van der Waals surface area contributed by atoms with Gasteiger partial charge in [0.05, 0.1) is 28.8 Å². The normalized spacial score (nSPS) is 28.3. The van der Waals surface area contributed by atoms with Crippen LogP contribution in [0.1, 0.15) is 20.3 Å². The van der Waals surface area contributed by atoms with Gasteiger partial charge in [0.25, 0.3) is 0 Å². The number of ether oxygens (including phenoxy) is 3. The Kier molecular flexibility index (Phi) is 5.10. The van der Waals surface area contributed by atoms with Crippen molar-refractivity contribution in [2.24, 2.45) is 0 Å². The summed E-state index contributed by atoms with van der Waals surface area (Å²) in [5.41, 5.74) is -0.0831. The molecule has 0 N–H and O–H groups in total. The summed E-state index contributed by atoms with van der Waals surface area (Å²) in [6.07, 6.45) is 1.19. The van der Waals surface area contributed by atoms with Crippen molar-refractivity contribution in [3.05, 3.63) is 0 Å². The van der Waals surface area contributed by atoms with E-state index in [1.807, 2.05) is 0 Å². The third-order valence-corrected chi connectivity index (χ3v) is 3.71. The molecule has 0 aromatic rings. The minimum Gasteiger partial charge on any atom is -0.379 e. The molecule has 4 heteroatoms. The third-order valence-electron chi connectivity index (χ3n) is 2.55. The molecule has 1 fully saturated rings. The first kappa shape index (κ1) is 12.7. The monoisotopic (exact) mass is 314 g/mol. The molecule has 0 radical (unpaired) electrons. The van der Waals surface area contributed by atoms with E-state index in [-0.39, 0.29) is 11.7 Å². The lowest BCUT2D eigenvalue weighted by atomic mass is 10.1. The lowest BCUT2D eigenvalue weighted by molar-refractivity contribution is -0.0267. The highest BCUT2D eigenvalue weighted by Gasteiger charge is 2.27. The molecule has 0 saturated carbocycles. The summed E-state index contributed by atoms with van der Waals surface area (Å²) < 4.78 is 16.9. The summed E-state index contributed by atoms with van der Waals surface area (Å²) in [7, 11) is 1.74. The summed E-state index contributed by atoms with van der Waals surface area (Å²) in [6.45, 7) is 6.44. The molecule has 1 saturated heterocycles. The molecule has 2 unspecified atom stereocenters. The molecule has 0 spiro atoms. The van der Waals surface area contributed by atoms with Crippen LogP contribution in [0.3, 0.4) is 0 Å². The number of methoxy groups -OCH3 is 1. The van der Waals surface area contributed by atoms with Crippen molar-refractivity contribution >= 4 is 22.6 Å². The van der Waals surface area contributed by atoms with Gasteiger partial charge in [-0.15, -0.1) is 0 Å². The summed E-state index contributed by atoms with van der Waals surface area (Å²) in [5, 5.41) is 0. The maximum atomic E-state index is 5.74. The summed E-state index contributed by atoms with van der Waals surface area (Å²) in [4.78, 5) is 0.